The number of nitrogens with one attached hydrogen (secondary N) is 2. The third-order valence-electron chi connectivity index (χ3n) is 3.31. The van der Waals surface area contributed by atoms with E-state index in [4.69, 9.17) is 4.74 Å². The van der Waals surface area contributed by atoms with Gasteiger partial charge in [-0.1, -0.05) is 35.9 Å². The van der Waals surface area contributed by atoms with Crippen LogP contribution in [0.3, 0.4) is 0 Å². The Kier molecular flexibility index (Phi) is 6.41. The molecule has 0 amide bonds. The molecule has 0 spiro atoms. The first-order chi connectivity index (χ1) is 11.2. The second-order valence-electron chi connectivity index (χ2n) is 5.11. The maximum atomic E-state index is 13.5. The highest BCUT2D eigenvalue weighted by Crippen LogP contribution is 2.10. The molecular weight excluding hydrogens is 293 g/mol. The van der Waals surface area contributed by atoms with Gasteiger partial charge in [0, 0.05) is 19.2 Å². The Labute approximate surface area is 136 Å². The van der Waals surface area contributed by atoms with Crippen LogP contribution in [0, 0.1) is 12.7 Å². The van der Waals surface area contributed by atoms with Crippen LogP contribution in [0.4, 0.5) is 4.39 Å². The average molecular weight is 315 g/mol. The van der Waals surface area contributed by atoms with E-state index in [2.05, 4.69) is 15.6 Å². The van der Waals surface area contributed by atoms with Crippen molar-refractivity contribution in [2.24, 2.45) is 4.99 Å². The normalized spacial score (nSPS) is 11.2. The van der Waals surface area contributed by atoms with Crippen LogP contribution in [-0.4, -0.2) is 26.2 Å². The van der Waals surface area contributed by atoms with Gasteiger partial charge in [-0.15, -0.1) is 0 Å². The summed E-state index contributed by atoms with van der Waals surface area (Å²) >= 11 is 0. The SMILES string of the molecule is CN=C(NCCOc1ccc(C)cc1)NCc1ccccc1F. The standard InChI is InChI=1S/C18H22FN3O/c1-14-7-9-16(10-8-14)23-12-11-21-18(20-2)22-13-15-5-3-4-6-17(15)19/h3-10H,11-13H2,1-2H3,(H2,20,21,22). The molecule has 0 radical (unpaired) electrons. The monoisotopic (exact) mass is 315 g/mol. The summed E-state index contributed by atoms with van der Waals surface area (Å²) in [5.74, 6) is 1.23. The van der Waals surface area contributed by atoms with E-state index in [1.807, 2.05) is 37.3 Å². The summed E-state index contributed by atoms with van der Waals surface area (Å²) in [7, 11) is 1.68. The van der Waals surface area contributed by atoms with Gasteiger partial charge in [-0.3, -0.25) is 4.99 Å². The summed E-state index contributed by atoms with van der Waals surface area (Å²) < 4.78 is 19.2. The molecule has 0 unspecified atom stereocenters. The second kappa shape index (κ2) is 8.78. The lowest BCUT2D eigenvalue weighted by molar-refractivity contribution is 0.322. The van der Waals surface area contributed by atoms with E-state index in [0.29, 0.717) is 31.2 Å². The fourth-order valence-corrected chi connectivity index (χ4v) is 2.01. The zero-order valence-electron chi connectivity index (χ0n) is 13.5. The van der Waals surface area contributed by atoms with Crippen LogP contribution in [0.1, 0.15) is 11.1 Å². The predicted molar refractivity (Wildman–Crippen MR) is 91.3 cm³/mol. The number of rotatable bonds is 6. The van der Waals surface area contributed by atoms with Crippen LogP contribution in [0.15, 0.2) is 53.5 Å². The van der Waals surface area contributed by atoms with Crippen molar-refractivity contribution in [3.63, 3.8) is 0 Å². The molecule has 0 atom stereocenters. The molecule has 0 aliphatic carbocycles. The topological polar surface area (TPSA) is 45.7 Å². The number of guanidine groups is 1. The maximum Gasteiger partial charge on any atom is 0.191 e. The molecule has 122 valence electrons. The predicted octanol–water partition coefficient (Wildman–Crippen LogP) is 2.88. The smallest absolute Gasteiger partial charge is 0.191 e. The molecule has 23 heavy (non-hydrogen) atoms. The molecule has 2 aromatic carbocycles. The first-order valence-electron chi connectivity index (χ1n) is 7.56. The van der Waals surface area contributed by atoms with Crippen LogP contribution >= 0.6 is 0 Å². The molecule has 0 aliphatic rings. The van der Waals surface area contributed by atoms with Gasteiger partial charge >= 0.3 is 0 Å². The van der Waals surface area contributed by atoms with Crippen molar-refractivity contribution >= 4 is 5.96 Å². The van der Waals surface area contributed by atoms with Gasteiger partial charge in [0.2, 0.25) is 0 Å². The molecule has 0 bridgehead atoms. The molecule has 0 saturated heterocycles. The fourth-order valence-electron chi connectivity index (χ4n) is 2.01. The van der Waals surface area contributed by atoms with Crippen LogP contribution in [-0.2, 0) is 6.54 Å². The Bertz CT molecular complexity index is 641. The van der Waals surface area contributed by atoms with Crippen molar-refractivity contribution in [2.45, 2.75) is 13.5 Å². The van der Waals surface area contributed by atoms with E-state index in [1.54, 1.807) is 19.2 Å². The number of halogens is 1. The van der Waals surface area contributed by atoms with E-state index in [0.717, 1.165) is 5.75 Å². The third-order valence-corrected chi connectivity index (χ3v) is 3.31. The first-order valence-corrected chi connectivity index (χ1v) is 7.56. The van der Waals surface area contributed by atoms with Crippen molar-refractivity contribution in [2.75, 3.05) is 20.2 Å². The average Bonchev–Trinajstić information content (AvgIpc) is 2.57. The number of aryl methyl sites for hydroxylation is 1. The van der Waals surface area contributed by atoms with Gasteiger partial charge < -0.3 is 15.4 Å². The van der Waals surface area contributed by atoms with Crippen LogP contribution in [0.25, 0.3) is 0 Å². The molecule has 0 heterocycles. The summed E-state index contributed by atoms with van der Waals surface area (Å²) in [6.07, 6.45) is 0. The van der Waals surface area contributed by atoms with Crippen LogP contribution < -0.4 is 15.4 Å². The molecule has 0 saturated carbocycles. The summed E-state index contributed by atoms with van der Waals surface area (Å²) in [6, 6.07) is 14.6. The number of hydrogen-bond acceptors (Lipinski definition) is 2. The highest BCUT2D eigenvalue weighted by Gasteiger charge is 2.02. The number of ether oxygens (including phenoxy) is 1. The number of benzene rings is 2. The van der Waals surface area contributed by atoms with Gasteiger partial charge in [-0.2, -0.15) is 0 Å². The fraction of sp³-hybridized carbons (Fsp3) is 0.278. The zero-order valence-corrected chi connectivity index (χ0v) is 13.5. The van der Waals surface area contributed by atoms with Crippen molar-refractivity contribution < 1.29 is 9.13 Å². The largest absolute Gasteiger partial charge is 0.492 e. The lowest BCUT2D eigenvalue weighted by Crippen LogP contribution is -2.39. The van der Waals surface area contributed by atoms with E-state index >= 15 is 0 Å². The molecule has 2 aromatic rings. The minimum absolute atomic E-state index is 0.224. The summed E-state index contributed by atoms with van der Waals surface area (Å²) in [5, 5.41) is 6.21. The summed E-state index contributed by atoms with van der Waals surface area (Å²) in [6.45, 7) is 3.54. The van der Waals surface area contributed by atoms with Gasteiger partial charge in [-0.05, 0) is 25.1 Å². The van der Waals surface area contributed by atoms with Gasteiger partial charge in [0.25, 0.3) is 0 Å². The van der Waals surface area contributed by atoms with Crippen molar-refractivity contribution in [3.8, 4) is 5.75 Å². The first kappa shape index (κ1) is 16.8. The highest BCUT2D eigenvalue weighted by atomic mass is 19.1. The third kappa shape index (κ3) is 5.62. The van der Waals surface area contributed by atoms with Crippen LogP contribution in [0.2, 0.25) is 0 Å². The highest BCUT2D eigenvalue weighted by molar-refractivity contribution is 5.79. The maximum absolute atomic E-state index is 13.5. The minimum Gasteiger partial charge on any atom is -0.492 e. The summed E-state index contributed by atoms with van der Waals surface area (Å²) in [4.78, 5) is 4.11. The Hall–Kier alpha value is -2.56. The Balaban J connectivity index is 1.71. The minimum atomic E-state index is -0.224. The van der Waals surface area contributed by atoms with Gasteiger partial charge in [0.05, 0.1) is 6.54 Å². The van der Waals surface area contributed by atoms with E-state index in [9.17, 15) is 4.39 Å². The molecule has 4 nitrogen and oxygen atoms in total. The Morgan fingerprint density at radius 2 is 1.83 bits per heavy atom. The lowest BCUT2D eigenvalue weighted by atomic mass is 10.2. The van der Waals surface area contributed by atoms with Gasteiger partial charge in [0.1, 0.15) is 18.2 Å². The summed E-state index contributed by atoms with van der Waals surface area (Å²) in [5.41, 5.74) is 1.81. The molecule has 0 aromatic heterocycles. The van der Waals surface area contributed by atoms with Crippen molar-refractivity contribution in [1.82, 2.24) is 10.6 Å². The number of aliphatic imine (C=N–C) groups is 1. The molecular formula is C18H22FN3O. The van der Waals surface area contributed by atoms with E-state index in [1.165, 1.54) is 11.6 Å². The Morgan fingerprint density at radius 1 is 1.09 bits per heavy atom. The van der Waals surface area contributed by atoms with Crippen molar-refractivity contribution in [1.29, 1.82) is 0 Å². The molecule has 0 fully saturated rings. The number of hydrogen-bond donors (Lipinski definition) is 2. The number of nitrogens with zero attached hydrogens (tertiary/aromatic N) is 1. The zero-order chi connectivity index (χ0) is 16.5. The molecule has 2 N–H and O–H groups in total. The van der Waals surface area contributed by atoms with Crippen molar-refractivity contribution in [3.05, 3.63) is 65.5 Å². The quantitative estimate of drug-likeness (QED) is 0.489. The van der Waals surface area contributed by atoms with Gasteiger partial charge in [-0.25, -0.2) is 4.39 Å². The van der Waals surface area contributed by atoms with Crippen LogP contribution in [0.5, 0.6) is 5.75 Å². The van der Waals surface area contributed by atoms with Gasteiger partial charge in [0.15, 0.2) is 5.96 Å². The lowest BCUT2D eigenvalue weighted by Gasteiger charge is -2.13. The second-order valence-corrected chi connectivity index (χ2v) is 5.11. The Morgan fingerprint density at radius 3 is 2.52 bits per heavy atom. The molecule has 2 rings (SSSR count). The van der Waals surface area contributed by atoms with E-state index < -0.39 is 0 Å². The molecule has 0 aliphatic heterocycles. The molecule has 5 heteroatoms. The van der Waals surface area contributed by atoms with E-state index in [-0.39, 0.29) is 5.82 Å².